The third kappa shape index (κ3) is 7.04. The zero-order valence-electron chi connectivity index (χ0n) is 19.2. The molecule has 0 spiro atoms. The van der Waals surface area contributed by atoms with Crippen LogP contribution in [0.5, 0.6) is 11.5 Å². The number of benzene rings is 2. The maximum atomic E-state index is 12.7. The second kappa shape index (κ2) is 11.3. The summed E-state index contributed by atoms with van der Waals surface area (Å²) in [7, 11) is 1.24. The first kappa shape index (κ1) is 26.2. The smallest absolute Gasteiger partial charge is 0.493 e. The van der Waals surface area contributed by atoms with Crippen molar-refractivity contribution in [3.63, 3.8) is 0 Å². The molecule has 2 aromatic rings. The van der Waals surface area contributed by atoms with Gasteiger partial charge in [0.1, 0.15) is 0 Å². The van der Waals surface area contributed by atoms with E-state index in [-0.39, 0.29) is 29.4 Å². The number of alkyl halides is 3. The lowest BCUT2D eigenvalue weighted by atomic mass is 10.0. The number of halogens is 3. The molecule has 0 saturated heterocycles. The zero-order chi connectivity index (χ0) is 25.6. The van der Waals surface area contributed by atoms with Crippen molar-refractivity contribution in [3.8, 4) is 11.5 Å². The van der Waals surface area contributed by atoms with Crippen LogP contribution < -0.4 is 14.8 Å². The Balaban J connectivity index is 1.84. The minimum atomic E-state index is -4.86. The van der Waals surface area contributed by atoms with Crippen LogP contribution in [0.1, 0.15) is 31.4 Å². The molecular weight excluding hydrogens is 487 g/mol. The predicted octanol–water partition coefficient (Wildman–Crippen LogP) is 6.01. The van der Waals surface area contributed by atoms with Crippen LogP contribution in [0.2, 0.25) is 0 Å². The van der Waals surface area contributed by atoms with Crippen molar-refractivity contribution >= 4 is 34.5 Å². The molecule has 0 aliphatic carbocycles. The molecule has 1 atom stereocenters. The average Bonchev–Trinajstić information content (AvgIpc) is 2.81. The normalized spacial score (nSPS) is 15.9. The molecule has 3 rings (SSSR count). The molecule has 1 unspecified atom stereocenters. The molecule has 1 N–H and O–H groups in total. The van der Waals surface area contributed by atoms with E-state index >= 15 is 0 Å². The van der Waals surface area contributed by atoms with Crippen molar-refractivity contribution in [2.75, 3.05) is 19.0 Å². The number of hydrogen-bond acceptors (Lipinski definition) is 7. The Labute approximate surface area is 204 Å². The number of nitrogens with zero attached hydrogens (tertiary/aromatic N) is 2. The van der Waals surface area contributed by atoms with Crippen molar-refractivity contribution in [2.24, 2.45) is 5.10 Å². The highest BCUT2D eigenvalue weighted by atomic mass is 32.2. The predicted molar refractivity (Wildman–Crippen MR) is 126 cm³/mol. The minimum absolute atomic E-state index is 0.101. The van der Waals surface area contributed by atoms with Crippen LogP contribution in [0.25, 0.3) is 0 Å². The summed E-state index contributed by atoms with van der Waals surface area (Å²) in [5, 5.41) is 7.88. The number of anilines is 1. The van der Waals surface area contributed by atoms with Crippen LogP contribution in [0.15, 0.2) is 47.6 Å². The first-order chi connectivity index (χ1) is 16.6. The van der Waals surface area contributed by atoms with Gasteiger partial charge in [-0.15, -0.1) is 13.2 Å². The first-order valence-electron chi connectivity index (χ1n) is 10.7. The summed E-state index contributed by atoms with van der Waals surface area (Å²) in [5.74, 6) is -0.569. The monoisotopic (exact) mass is 511 g/mol. The highest BCUT2D eigenvalue weighted by molar-refractivity contribution is 8.14. The van der Waals surface area contributed by atoms with Gasteiger partial charge < -0.3 is 14.2 Å². The highest BCUT2D eigenvalue weighted by Gasteiger charge is 2.34. The Bertz CT molecular complexity index is 1090. The van der Waals surface area contributed by atoms with Crippen molar-refractivity contribution < 1.29 is 37.0 Å². The molecular formula is C23H24F3N3O5S. The summed E-state index contributed by atoms with van der Waals surface area (Å²) in [6.45, 7) is 4.01. The van der Waals surface area contributed by atoms with Crippen molar-refractivity contribution in [1.29, 1.82) is 0 Å². The van der Waals surface area contributed by atoms with Gasteiger partial charge in [-0.05, 0) is 49.2 Å². The Morgan fingerprint density at radius 3 is 2.46 bits per heavy atom. The number of hydrogen-bond donors (Lipinski definition) is 1. The van der Waals surface area contributed by atoms with Gasteiger partial charge in [0, 0.05) is 11.3 Å². The summed E-state index contributed by atoms with van der Waals surface area (Å²) < 4.78 is 52.0. The van der Waals surface area contributed by atoms with E-state index in [4.69, 9.17) is 9.47 Å². The molecule has 0 bridgehead atoms. The molecule has 1 heterocycles. The third-order valence-electron chi connectivity index (χ3n) is 4.85. The number of methoxy groups -OCH3 is 1. The molecule has 0 aromatic heterocycles. The molecule has 0 saturated carbocycles. The van der Waals surface area contributed by atoms with Crippen LogP contribution in [-0.4, -0.2) is 47.4 Å². The third-order valence-corrected chi connectivity index (χ3v) is 6.10. The summed E-state index contributed by atoms with van der Waals surface area (Å²) in [6.07, 6.45) is -4.84. The van der Waals surface area contributed by atoms with Gasteiger partial charge in [0.2, 0.25) is 0 Å². The van der Waals surface area contributed by atoms with Gasteiger partial charge in [-0.1, -0.05) is 30.8 Å². The molecule has 1 aliphatic rings. The van der Waals surface area contributed by atoms with Crippen molar-refractivity contribution in [2.45, 2.75) is 38.4 Å². The molecule has 0 fully saturated rings. The second-order valence-electron chi connectivity index (χ2n) is 7.28. The average molecular weight is 512 g/mol. The fraction of sp³-hybridized carbons (Fsp3) is 0.348. The fourth-order valence-electron chi connectivity index (χ4n) is 3.28. The van der Waals surface area contributed by atoms with Gasteiger partial charge in [-0.3, -0.25) is 10.1 Å². The van der Waals surface area contributed by atoms with E-state index in [1.54, 1.807) is 31.2 Å². The number of carbonyl (C=O) groups is 2. The maximum Gasteiger partial charge on any atom is 0.573 e. The molecule has 35 heavy (non-hydrogen) atoms. The van der Waals surface area contributed by atoms with Crippen LogP contribution >= 0.6 is 11.8 Å². The summed E-state index contributed by atoms with van der Waals surface area (Å²) in [5.41, 5.74) is 2.35. The van der Waals surface area contributed by atoms with Gasteiger partial charge in [0.25, 0.3) is 0 Å². The fourth-order valence-corrected chi connectivity index (χ4v) is 4.21. The molecule has 2 aromatic carbocycles. The number of amides is 2. The number of carbonyl (C=O) groups excluding carboxylic acids is 2. The SMILES string of the molecule is CCOC(=O)Nc1ccc(CN2N=C(c3ccc(OC(F)(F)F)c(OC)c3)C(CC)SC2=O)cc1. The summed E-state index contributed by atoms with van der Waals surface area (Å²) in [4.78, 5) is 24.2. The van der Waals surface area contributed by atoms with Crippen LogP contribution in [0, 0.1) is 0 Å². The number of ether oxygens (including phenoxy) is 3. The van der Waals surface area contributed by atoms with Gasteiger partial charge in [0.15, 0.2) is 11.5 Å². The minimum Gasteiger partial charge on any atom is -0.493 e. The van der Waals surface area contributed by atoms with Crippen molar-refractivity contribution in [3.05, 3.63) is 53.6 Å². The van der Waals surface area contributed by atoms with Gasteiger partial charge in [-0.25, -0.2) is 9.80 Å². The van der Waals surface area contributed by atoms with Crippen LogP contribution in [0.3, 0.4) is 0 Å². The standard InChI is InChI=1S/C23H24F3N3O5S/c1-4-19-20(15-8-11-17(18(12-15)32-3)34-23(24,25)26)28-29(22(31)35-19)13-14-6-9-16(10-7-14)27-21(30)33-5-2/h6-12,19H,4-5,13H2,1-3H3,(H,27,30). The summed E-state index contributed by atoms with van der Waals surface area (Å²) in [6, 6.07) is 10.9. The van der Waals surface area contributed by atoms with Crippen molar-refractivity contribution in [1.82, 2.24) is 5.01 Å². The summed E-state index contributed by atoms with van der Waals surface area (Å²) >= 11 is 1.09. The number of nitrogens with one attached hydrogen (secondary N) is 1. The highest BCUT2D eigenvalue weighted by Crippen LogP contribution is 2.36. The Hall–Kier alpha value is -3.41. The van der Waals surface area contributed by atoms with E-state index in [2.05, 4.69) is 15.2 Å². The zero-order valence-corrected chi connectivity index (χ0v) is 20.0. The molecule has 1 aliphatic heterocycles. The Morgan fingerprint density at radius 1 is 1.14 bits per heavy atom. The number of rotatable bonds is 8. The van der Waals surface area contributed by atoms with Crippen LogP contribution in [0.4, 0.5) is 28.4 Å². The van der Waals surface area contributed by atoms with Gasteiger partial charge in [-0.2, -0.15) is 5.10 Å². The Morgan fingerprint density at radius 2 is 1.86 bits per heavy atom. The number of hydrazone groups is 1. The lowest BCUT2D eigenvalue weighted by Crippen LogP contribution is -2.34. The number of thioether (sulfide) groups is 1. The molecule has 8 nitrogen and oxygen atoms in total. The maximum absolute atomic E-state index is 12.7. The largest absolute Gasteiger partial charge is 0.573 e. The van der Waals surface area contributed by atoms with E-state index in [9.17, 15) is 22.8 Å². The van der Waals surface area contributed by atoms with E-state index in [1.165, 1.54) is 24.3 Å². The lowest BCUT2D eigenvalue weighted by molar-refractivity contribution is -0.275. The molecule has 2 amide bonds. The second-order valence-corrected chi connectivity index (χ2v) is 8.43. The Kier molecular flexibility index (Phi) is 8.49. The topological polar surface area (TPSA) is 89.5 Å². The van der Waals surface area contributed by atoms with Gasteiger partial charge >= 0.3 is 17.7 Å². The van der Waals surface area contributed by atoms with E-state index in [1.807, 2.05) is 6.92 Å². The lowest BCUT2D eigenvalue weighted by Gasteiger charge is -2.28. The first-order valence-corrected chi connectivity index (χ1v) is 11.5. The molecule has 0 radical (unpaired) electrons. The quantitative estimate of drug-likeness (QED) is 0.467. The van der Waals surface area contributed by atoms with E-state index in [0.717, 1.165) is 23.4 Å². The van der Waals surface area contributed by atoms with E-state index in [0.29, 0.717) is 23.4 Å². The van der Waals surface area contributed by atoms with Gasteiger partial charge in [0.05, 0.1) is 31.2 Å². The molecule has 188 valence electrons. The molecule has 12 heteroatoms. The van der Waals surface area contributed by atoms with Crippen LogP contribution in [-0.2, 0) is 11.3 Å². The van der Waals surface area contributed by atoms with E-state index < -0.39 is 18.2 Å².